The fourth-order valence-corrected chi connectivity index (χ4v) is 10.8. The van der Waals surface area contributed by atoms with E-state index in [1.165, 1.54) is 0 Å². The van der Waals surface area contributed by atoms with Gasteiger partial charge in [-0.05, 0) is 122 Å². The predicted octanol–water partition coefficient (Wildman–Crippen LogP) is 18.0. The summed E-state index contributed by atoms with van der Waals surface area (Å²) in [6.07, 6.45) is -1.38. The second-order valence-electron chi connectivity index (χ2n) is 20.6. The Morgan fingerprint density at radius 2 is 1.14 bits per heavy atom. The molecule has 0 N–H and O–H groups in total. The Labute approximate surface area is 422 Å². The zero-order chi connectivity index (χ0) is 52.1. The lowest BCUT2D eigenvalue weighted by atomic mass is 9.83. The fourth-order valence-electron chi connectivity index (χ4n) is 10.8. The van der Waals surface area contributed by atoms with Crippen LogP contribution in [-0.4, -0.2) is 14.1 Å². The van der Waals surface area contributed by atoms with Gasteiger partial charge in [0.15, 0.2) is 0 Å². The van der Waals surface area contributed by atoms with E-state index in [2.05, 4.69) is 180 Å². The summed E-state index contributed by atoms with van der Waals surface area (Å²) in [5, 5.41) is 8.94. The third-order valence-corrected chi connectivity index (χ3v) is 13.9. The molecule has 350 valence electrons. The van der Waals surface area contributed by atoms with Gasteiger partial charge in [-0.3, -0.25) is 4.57 Å². The molecule has 0 unspecified atom stereocenters. The third-order valence-electron chi connectivity index (χ3n) is 13.9. The molecule has 0 saturated carbocycles. The minimum atomic E-state index is -1.55. The number of aromatic nitrogens is 3. The largest absolute Gasteiger partial charge is 0.457 e. The van der Waals surface area contributed by atoms with E-state index in [1.54, 1.807) is 12.3 Å². The van der Waals surface area contributed by atoms with Crippen molar-refractivity contribution in [2.24, 2.45) is 11.8 Å². The van der Waals surface area contributed by atoms with Gasteiger partial charge in [0.2, 0.25) is 0 Å². The SMILES string of the molecule is [2H]C([2H])(c1cc(-c2cccc3c4ccccc4c4ccccc4c4cccc5c4n(c23)CN5c2cccc(Oc3ccc4c5ccccc5n(-c5cc(C([2H])([2H])C(C)C)ccn5)c4c3)c2)cc(C(C)(C)C)c1)C(C)C. The second kappa shape index (κ2) is 17.5. The highest BCUT2D eigenvalue weighted by molar-refractivity contribution is 6.22. The molecule has 5 nitrogen and oxygen atoms in total. The Morgan fingerprint density at radius 3 is 1.86 bits per heavy atom. The molecule has 0 radical (unpaired) electrons. The summed E-state index contributed by atoms with van der Waals surface area (Å²) in [6, 6.07) is 63.6. The number of fused-ring (bicyclic) bond motifs is 10. The standard InChI is InChI=1S/C66H60N4O/c1-42(2)33-44-31-32-67-63(37-44)70-60-27-13-12-23-56(60)57-30-29-50(40-62(57)70)71-49-18-14-17-48(39-49)68-41-69-64-51(46-35-45(34-43(3)4)36-47(38-46)66(5,6)7)24-15-25-58(64)54-21-10-8-19-52(54)53-20-9-11-22-55(53)59-26-16-28-61(68)65(59)69/h8-32,35-40,42-43H,33-34,41H2,1-7H3/i33D2,34D2. The molecule has 11 aromatic rings. The maximum Gasteiger partial charge on any atom is 0.137 e. The Kier molecular flexibility index (Phi) is 9.84. The van der Waals surface area contributed by atoms with Crippen LogP contribution in [0.2, 0.25) is 0 Å². The van der Waals surface area contributed by atoms with Crippen LogP contribution in [-0.2, 0) is 24.8 Å². The van der Waals surface area contributed by atoms with E-state index in [4.69, 9.17) is 12.5 Å². The molecular formula is C66H60N4O. The highest BCUT2D eigenvalue weighted by Gasteiger charge is 2.26. The summed E-state index contributed by atoms with van der Waals surface area (Å²) in [7, 11) is 0. The lowest BCUT2D eigenvalue weighted by Crippen LogP contribution is -2.15. The van der Waals surface area contributed by atoms with Gasteiger partial charge < -0.3 is 14.2 Å². The average molecular weight is 929 g/mol. The van der Waals surface area contributed by atoms with Gasteiger partial charge >= 0.3 is 0 Å². The van der Waals surface area contributed by atoms with E-state index < -0.39 is 12.7 Å². The molecule has 1 aliphatic heterocycles. The summed E-state index contributed by atoms with van der Waals surface area (Å²) in [5.41, 5.74) is 10.2. The summed E-state index contributed by atoms with van der Waals surface area (Å²) >= 11 is 0. The number of hydrogen-bond acceptors (Lipinski definition) is 3. The zero-order valence-corrected chi connectivity index (χ0v) is 41.5. The van der Waals surface area contributed by atoms with E-state index in [0.717, 1.165) is 93.2 Å². The first-order valence-electron chi connectivity index (χ1n) is 26.9. The van der Waals surface area contributed by atoms with Crippen molar-refractivity contribution in [2.45, 2.75) is 73.3 Å². The van der Waals surface area contributed by atoms with Crippen LogP contribution >= 0.6 is 0 Å². The van der Waals surface area contributed by atoms with Crippen molar-refractivity contribution in [1.82, 2.24) is 14.1 Å². The van der Waals surface area contributed by atoms with E-state index in [0.29, 0.717) is 35.1 Å². The summed E-state index contributed by atoms with van der Waals surface area (Å²) in [5.74, 6) is 1.55. The van der Waals surface area contributed by atoms with Crippen molar-refractivity contribution in [3.8, 4) is 28.4 Å². The van der Waals surface area contributed by atoms with Gasteiger partial charge in [-0.15, -0.1) is 0 Å². The van der Waals surface area contributed by atoms with E-state index >= 15 is 0 Å². The van der Waals surface area contributed by atoms with Crippen molar-refractivity contribution < 1.29 is 10.2 Å². The zero-order valence-electron chi connectivity index (χ0n) is 45.5. The molecule has 71 heavy (non-hydrogen) atoms. The fraction of sp³-hybridized carbons (Fsp3) is 0.197. The number of benzene rings is 8. The van der Waals surface area contributed by atoms with Crippen molar-refractivity contribution in [2.75, 3.05) is 4.90 Å². The molecule has 0 atom stereocenters. The van der Waals surface area contributed by atoms with E-state index in [9.17, 15) is 2.74 Å². The maximum atomic E-state index is 9.39. The Balaban J connectivity index is 1.05. The van der Waals surface area contributed by atoms with E-state index in [-0.39, 0.29) is 17.3 Å². The van der Waals surface area contributed by atoms with Gasteiger partial charge in [-0.2, -0.15) is 0 Å². The third kappa shape index (κ3) is 7.94. The Morgan fingerprint density at radius 1 is 0.535 bits per heavy atom. The number of para-hydroxylation sites is 3. The summed E-state index contributed by atoms with van der Waals surface area (Å²) in [4.78, 5) is 7.19. The molecule has 5 heteroatoms. The van der Waals surface area contributed by atoms with Crippen LogP contribution in [0.25, 0.3) is 82.1 Å². The summed E-state index contributed by atoms with van der Waals surface area (Å²) in [6.45, 7) is 14.9. The second-order valence-corrected chi connectivity index (χ2v) is 20.6. The quantitative estimate of drug-likeness (QED) is 0.145. The Hall–Kier alpha value is -7.89. The molecule has 4 heterocycles. The number of anilines is 2. The maximum absolute atomic E-state index is 9.39. The van der Waals surface area contributed by atoms with Crippen molar-refractivity contribution in [3.05, 3.63) is 205 Å². The first-order valence-corrected chi connectivity index (χ1v) is 24.9. The monoisotopic (exact) mass is 929 g/mol. The van der Waals surface area contributed by atoms with Gasteiger partial charge in [0, 0.05) is 56.6 Å². The number of nitrogens with zero attached hydrogens (tertiary/aromatic N) is 4. The molecular weight excluding hydrogens is 865 g/mol. The highest BCUT2D eigenvalue weighted by Crippen LogP contribution is 2.46. The van der Waals surface area contributed by atoms with Crippen LogP contribution in [0, 0.1) is 11.8 Å². The molecule has 1 aliphatic rings. The van der Waals surface area contributed by atoms with Crippen molar-refractivity contribution in [3.63, 3.8) is 0 Å². The van der Waals surface area contributed by atoms with Crippen LogP contribution in [0.3, 0.4) is 0 Å². The van der Waals surface area contributed by atoms with Gasteiger partial charge in [0.05, 0.1) is 27.8 Å². The van der Waals surface area contributed by atoms with Crippen LogP contribution in [0.15, 0.2) is 188 Å². The van der Waals surface area contributed by atoms with Gasteiger partial charge in [0.25, 0.3) is 0 Å². The van der Waals surface area contributed by atoms with Crippen LogP contribution < -0.4 is 9.64 Å². The normalized spacial score (nSPS) is 14.0. The lowest BCUT2D eigenvalue weighted by molar-refractivity contribution is 0.483. The number of rotatable bonds is 9. The highest BCUT2D eigenvalue weighted by atomic mass is 16.5. The molecule has 0 amide bonds. The molecule has 8 aromatic carbocycles. The molecule has 3 aromatic heterocycles. The lowest BCUT2D eigenvalue weighted by Gasteiger charge is -2.23. The van der Waals surface area contributed by atoms with Gasteiger partial charge in [0.1, 0.15) is 24.0 Å². The van der Waals surface area contributed by atoms with Crippen molar-refractivity contribution >= 4 is 76.5 Å². The van der Waals surface area contributed by atoms with Crippen LogP contribution in [0.4, 0.5) is 11.4 Å². The summed E-state index contributed by atoms with van der Waals surface area (Å²) < 4.78 is 48.0. The first-order chi connectivity index (χ1) is 36.0. The number of pyridine rings is 1. The van der Waals surface area contributed by atoms with Gasteiger partial charge in [-0.25, -0.2) is 4.98 Å². The molecule has 12 rings (SSSR count). The number of ether oxygens (including phenoxy) is 1. The topological polar surface area (TPSA) is 35.2 Å². The van der Waals surface area contributed by atoms with E-state index in [1.807, 2.05) is 58.0 Å². The van der Waals surface area contributed by atoms with Gasteiger partial charge in [-0.1, -0.05) is 170 Å². The molecule has 0 bridgehead atoms. The van der Waals surface area contributed by atoms with Crippen LogP contribution in [0.5, 0.6) is 11.5 Å². The molecule has 0 aliphatic carbocycles. The minimum absolute atomic E-state index is 0.219. The smallest absolute Gasteiger partial charge is 0.137 e. The Bertz CT molecular complexity index is 4160. The first kappa shape index (κ1) is 39.9. The molecule has 0 saturated heterocycles. The average Bonchev–Trinajstić information content (AvgIpc) is 3.97. The number of hydrogen-bond donors (Lipinski definition) is 0. The molecule has 0 spiro atoms. The van der Waals surface area contributed by atoms with Crippen molar-refractivity contribution in [1.29, 1.82) is 0 Å². The molecule has 0 fully saturated rings. The predicted molar refractivity (Wildman–Crippen MR) is 301 cm³/mol. The minimum Gasteiger partial charge on any atom is -0.457 e. The van der Waals surface area contributed by atoms with Crippen LogP contribution in [0.1, 0.15) is 70.6 Å².